The molecule has 0 aromatic carbocycles. The van der Waals surface area contributed by atoms with Crippen LogP contribution in [-0.4, -0.2) is 11.5 Å². The average molecular weight is 238 g/mol. The highest BCUT2D eigenvalue weighted by Gasteiger charge is 2.22. The van der Waals surface area contributed by atoms with E-state index < -0.39 is 0 Å². The number of rotatable bonds is 4. The molecule has 2 unspecified atom stereocenters. The van der Waals surface area contributed by atoms with Gasteiger partial charge in [0.1, 0.15) is 0 Å². The smallest absolute Gasteiger partial charge is 0.0959 e. The van der Waals surface area contributed by atoms with Crippen molar-refractivity contribution in [3.8, 4) is 0 Å². The van der Waals surface area contributed by atoms with Crippen LogP contribution in [0.2, 0.25) is 0 Å². The SMILES string of the molecule is CCNCc1cnc(C2CCCC(C)C2)s1. The van der Waals surface area contributed by atoms with Gasteiger partial charge in [-0.25, -0.2) is 4.98 Å². The van der Waals surface area contributed by atoms with Gasteiger partial charge in [-0.05, 0) is 25.3 Å². The number of thiazole rings is 1. The van der Waals surface area contributed by atoms with E-state index in [4.69, 9.17) is 0 Å². The van der Waals surface area contributed by atoms with Gasteiger partial charge in [-0.3, -0.25) is 0 Å². The third kappa shape index (κ3) is 3.05. The molecule has 1 aliphatic carbocycles. The molecule has 0 amide bonds. The Hall–Kier alpha value is -0.410. The first-order valence-corrected chi connectivity index (χ1v) is 7.26. The monoisotopic (exact) mass is 238 g/mol. The fraction of sp³-hybridized carbons (Fsp3) is 0.769. The van der Waals surface area contributed by atoms with Crippen molar-refractivity contribution >= 4 is 11.3 Å². The summed E-state index contributed by atoms with van der Waals surface area (Å²) in [5, 5.41) is 4.73. The highest BCUT2D eigenvalue weighted by Crippen LogP contribution is 2.37. The van der Waals surface area contributed by atoms with Gasteiger partial charge in [0.25, 0.3) is 0 Å². The summed E-state index contributed by atoms with van der Waals surface area (Å²) in [5.74, 6) is 1.63. The molecule has 2 rings (SSSR count). The van der Waals surface area contributed by atoms with Crippen LogP contribution in [0.3, 0.4) is 0 Å². The van der Waals surface area contributed by atoms with Crippen molar-refractivity contribution in [2.45, 2.75) is 52.0 Å². The highest BCUT2D eigenvalue weighted by molar-refractivity contribution is 7.11. The van der Waals surface area contributed by atoms with E-state index in [1.165, 1.54) is 35.6 Å². The maximum Gasteiger partial charge on any atom is 0.0959 e. The third-order valence-electron chi connectivity index (χ3n) is 3.41. The van der Waals surface area contributed by atoms with Crippen LogP contribution in [0.4, 0.5) is 0 Å². The summed E-state index contributed by atoms with van der Waals surface area (Å²) in [6.45, 7) is 6.54. The summed E-state index contributed by atoms with van der Waals surface area (Å²) in [7, 11) is 0. The lowest BCUT2D eigenvalue weighted by Gasteiger charge is -2.24. The van der Waals surface area contributed by atoms with E-state index in [0.29, 0.717) is 0 Å². The van der Waals surface area contributed by atoms with Crippen LogP contribution in [0.15, 0.2) is 6.20 Å². The molecule has 0 aliphatic heterocycles. The number of aromatic nitrogens is 1. The van der Waals surface area contributed by atoms with E-state index in [1.54, 1.807) is 0 Å². The Labute approximate surface area is 102 Å². The first-order valence-electron chi connectivity index (χ1n) is 6.45. The molecule has 1 heterocycles. The fourth-order valence-electron chi connectivity index (χ4n) is 2.50. The number of nitrogens with zero attached hydrogens (tertiary/aromatic N) is 1. The van der Waals surface area contributed by atoms with Crippen molar-refractivity contribution in [3.05, 3.63) is 16.1 Å². The molecule has 90 valence electrons. The van der Waals surface area contributed by atoms with Crippen LogP contribution in [0, 0.1) is 5.92 Å². The van der Waals surface area contributed by atoms with Crippen LogP contribution in [0.5, 0.6) is 0 Å². The van der Waals surface area contributed by atoms with Crippen LogP contribution >= 0.6 is 11.3 Å². The van der Waals surface area contributed by atoms with Gasteiger partial charge in [0.05, 0.1) is 5.01 Å². The molecule has 1 aromatic heterocycles. The summed E-state index contributed by atoms with van der Waals surface area (Å²) in [5.41, 5.74) is 0. The minimum Gasteiger partial charge on any atom is -0.312 e. The van der Waals surface area contributed by atoms with Crippen LogP contribution in [-0.2, 0) is 6.54 Å². The van der Waals surface area contributed by atoms with Crippen LogP contribution in [0.25, 0.3) is 0 Å². The molecule has 16 heavy (non-hydrogen) atoms. The second-order valence-corrected chi connectivity index (χ2v) is 6.06. The lowest BCUT2D eigenvalue weighted by molar-refractivity contribution is 0.343. The second-order valence-electron chi connectivity index (χ2n) is 4.91. The molecule has 0 bridgehead atoms. The third-order valence-corrected chi connectivity index (χ3v) is 4.57. The lowest BCUT2D eigenvalue weighted by Crippen LogP contribution is -2.11. The zero-order valence-corrected chi connectivity index (χ0v) is 11.1. The lowest BCUT2D eigenvalue weighted by atomic mass is 9.83. The molecule has 0 radical (unpaired) electrons. The standard InChI is InChI=1S/C13H22N2S/c1-3-14-8-12-9-15-13(16-12)11-6-4-5-10(2)7-11/h9-11,14H,3-8H2,1-2H3. The molecule has 2 atom stereocenters. The quantitative estimate of drug-likeness (QED) is 0.867. The van der Waals surface area contributed by atoms with Gasteiger partial charge in [0.15, 0.2) is 0 Å². The zero-order chi connectivity index (χ0) is 11.4. The molecule has 3 heteroatoms. The van der Waals surface area contributed by atoms with E-state index in [-0.39, 0.29) is 0 Å². The van der Waals surface area contributed by atoms with Crippen molar-refractivity contribution in [3.63, 3.8) is 0 Å². The van der Waals surface area contributed by atoms with Crippen molar-refractivity contribution in [1.82, 2.24) is 10.3 Å². The van der Waals surface area contributed by atoms with E-state index in [2.05, 4.69) is 30.3 Å². The van der Waals surface area contributed by atoms with Gasteiger partial charge in [-0.1, -0.05) is 26.7 Å². The maximum atomic E-state index is 4.61. The molecule has 1 fully saturated rings. The van der Waals surface area contributed by atoms with Crippen molar-refractivity contribution in [2.75, 3.05) is 6.54 Å². The highest BCUT2D eigenvalue weighted by atomic mass is 32.1. The predicted octanol–water partition coefficient (Wildman–Crippen LogP) is 3.55. The van der Waals surface area contributed by atoms with Crippen molar-refractivity contribution in [1.29, 1.82) is 0 Å². The van der Waals surface area contributed by atoms with E-state index in [0.717, 1.165) is 24.9 Å². The van der Waals surface area contributed by atoms with Gasteiger partial charge >= 0.3 is 0 Å². The summed E-state index contributed by atoms with van der Waals surface area (Å²) in [6.07, 6.45) is 7.54. The Morgan fingerprint density at radius 1 is 1.50 bits per heavy atom. The van der Waals surface area contributed by atoms with Crippen molar-refractivity contribution in [2.24, 2.45) is 5.92 Å². The molecular formula is C13H22N2S. The van der Waals surface area contributed by atoms with Crippen molar-refractivity contribution < 1.29 is 0 Å². The Morgan fingerprint density at radius 2 is 2.38 bits per heavy atom. The summed E-state index contributed by atoms with van der Waals surface area (Å²) in [4.78, 5) is 5.99. The molecule has 0 saturated heterocycles. The van der Waals surface area contributed by atoms with E-state index in [1.807, 2.05) is 11.3 Å². The average Bonchev–Trinajstić information content (AvgIpc) is 2.75. The van der Waals surface area contributed by atoms with Gasteiger partial charge in [0, 0.05) is 23.5 Å². The van der Waals surface area contributed by atoms with Crippen LogP contribution < -0.4 is 5.32 Å². The molecule has 1 saturated carbocycles. The number of nitrogens with one attached hydrogen (secondary N) is 1. The molecular weight excluding hydrogens is 216 g/mol. The Kier molecular flexibility index (Phi) is 4.36. The summed E-state index contributed by atoms with van der Waals surface area (Å²) < 4.78 is 0. The molecule has 1 N–H and O–H groups in total. The van der Waals surface area contributed by atoms with Gasteiger partial charge < -0.3 is 5.32 Å². The van der Waals surface area contributed by atoms with E-state index >= 15 is 0 Å². The Bertz CT molecular complexity index is 321. The summed E-state index contributed by atoms with van der Waals surface area (Å²) in [6, 6.07) is 0. The van der Waals surface area contributed by atoms with Gasteiger partial charge in [-0.15, -0.1) is 11.3 Å². The van der Waals surface area contributed by atoms with Gasteiger partial charge in [0.2, 0.25) is 0 Å². The Balaban J connectivity index is 1.95. The predicted molar refractivity (Wildman–Crippen MR) is 69.9 cm³/mol. The molecule has 0 spiro atoms. The van der Waals surface area contributed by atoms with Crippen LogP contribution in [0.1, 0.15) is 55.3 Å². The molecule has 1 aromatic rings. The van der Waals surface area contributed by atoms with E-state index in [9.17, 15) is 0 Å². The second kappa shape index (κ2) is 5.78. The fourth-order valence-corrected chi connectivity index (χ4v) is 3.53. The molecule has 2 nitrogen and oxygen atoms in total. The largest absolute Gasteiger partial charge is 0.312 e. The number of hydrogen-bond acceptors (Lipinski definition) is 3. The minimum absolute atomic E-state index is 0.740. The maximum absolute atomic E-state index is 4.61. The first-order chi connectivity index (χ1) is 7.79. The normalized spacial score (nSPS) is 25.9. The number of hydrogen-bond donors (Lipinski definition) is 1. The van der Waals surface area contributed by atoms with Gasteiger partial charge in [-0.2, -0.15) is 0 Å². The Morgan fingerprint density at radius 3 is 3.12 bits per heavy atom. The molecule has 1 aliphatic rings. The summed E-state index contributed by atoms with van der Waals surface area (Å²) >= 11 is 1.91. The first kappa shape index (κ1) is 12.1. The minimum atomic E-state index is 0.740. The topological polar surface area (TPSA) is 24.9 Å². The zero-order valence-electron chi connectivity index (χ0n) is 10.3.